The van der Waals surface area contributed by atoms with Gasteiger partial charge in [0.1, 0.15) is 34.5 Å². The van der Waals surface area contributed by atoms with Crippen molar-refractivity contribution in [3.63, 3.8) is 0 Å². The van der Waals surface area contributed by atoms with E-state index >= 15 is 0 Å². The standard InChI is InChI=1S/C105H102B3N3O3/c1-61-46-88-97-94(49-61)112-91-43-31-73(103(13,14)15)58-82(91)106(97)79-55-64(22-40-85(79)109(88)76-34-25-70(26-35-76)100(4,5)6)67-52-68(65-23-41-86-80(56-65)107-83-59-74(104(16,17)18)32-44-92(83)113-95-50-62(2)47-89(98(95)107)110(86)77-36-27-71(28-37-77)101(7,8)9)54-69(53-67)66-24-42-87-81(57-66)108-84-60-75(105(19,20)21)33-45-93(84)114-96-51-63(3)48-90(99(96)108)111(87)78-38-29-72(30-39-78)102(10,11)12/h22-60H,1-21H3. The highest BCUT2D eigenvalue weighted by Crippen LogP contribution is 2.49. The smallest absolute Gasteiger partial charge is 0.256 e. The maximum Gasteiger partial charge on any atom is 0.256 e. The third-order valence-electron chi connectivity index (χ3n) is 25.2. The Kier molecular flexibility index (Phi) is 16.3. The molecule has 0 aromatic heterocycles. The van der Waals surface area contributed by atoms with Gasteiger partial charge in [0.15, 0.2) is 0 Å². The number of hydrogen-bond acceptors (Lipinski definition) is 6. The van der Waals surface area contributed by atoms with Crippen LogP contribution in [-0.4, -0.2) is 20.1 Å². The second-order valence-electron chi connectivity index (χ2n) is 39.7. The van der Waals surface area contributed by atoms with Crippen LogP contribution < -0.4 is 78.1 Å². The lowest BCUT2D eigenvalue weighted by Crippen LogP contribution is -2.59. The van der Waals surface area contributed by atoms with Gasteiger partial charge in [0.05, 0.1) is 0 Å². The van der Waals surface area contributed by atoms with Crippen molar-refractivity contribution < 1.29 is 14.2 Å². The molecule has 13 aromatic rings. The molecule has 0 atom stereocenters. The van der Waals surface area contributed by atoms with Gasteiger partial charge in [0.25, 0.3) is 20.1 Å². The minimum absolute atomic E-state index is 0.0194. The zero-order valence-corrected chi connectivity index (χ0v) is 70.3. The van der Waals surface area contributed by atoms with Crippen LogP contribution in [0.15, 0.2) is 237 Å². The van der Waals surface area contributed by atoms with E-state index in [0.29, 0.717) is 0 Å². The summed E-state index contributed by atoms with van der Waals surface area (Å²) in [7, 11) is 0. The Morgan fingerprint density at radius 1 is 0.202 bits per heavy atom. The first-order valence-corrected chi connectivity index (χ1v) is 41.2. The lowest BCUT2D eigenvalue weighted by Gasteiger charge is -2.41. The topological polar surface area (TPSA) is 37.4 Å². The van der Waals surface area contributed by atoms with Crippen LogP contribution >= 0.6 is 0 Å². The maximum atomic E-state index is 7.19. The third-order valence-corrected chi connectivity index (χ3v) is 25.2. The van der Waals surface area contributed by atoms with Crippen LogP contribution in [0.3, 0.4) is 0 Å². The van der Waals surface area contributed by atoms with Gasteiger partial charge in [-0.05, 0) is 313 Å². The fraction of sp³-hybridized carbons (Fsp3) is 0.257. The predicted octanol–water partition coefficient (Wildman–Crippen LogP) is 22.6. The average Bonchev–Trinajstić information content (AvgIpc) is 0.717. The van der Waals surface area contributed by atoms with Gasteiger partial charge in [-0.2, -0.15) is 0 Å². The van der Waals surface area contributed by atoms with Gasteiger partial charge in [0, 0.05) is 51.2 Å². The summed E-state index contributed by atoms with van der Waals surface area (Å²) in [4.78, 5) is 7.53. The molecule has 0 N–H and O–H groups in total. The van der Waals surface area contributed by atoms with Crippen LogP contribution in [0.2, 0.25) is 0 Å². The first kappa shape index (κ1) is 73.1. The molecule has 0 unspecified atom stereocenters. The van der Waals surface area contributed by atoms with Gasteiger partial charge in [0.2, 0.25) is 0 Å². The molecule has 19 rings (SSSR count). The molecule has 0 fully saturated rings. The van der Waals surface area contributed by atoms with Crippen molar-refractivity contribution in [2.45, 2.75) is 178 Å². The van der Waals surface area contributed by atoms with E-state index in [-0.39, 0.29) is 52.6 Å². The third kappa shape index (κ3) is 12.1. The molecule has 0 saturated heterocycles. The largest absolute Gasteiger partial charge is 0.458 e. The minimum Gasteiger partial charge on any atom is -0.458 e. The number of hydrogen-bond donors (Lipinski definition) is 0. The van der Waals surface area contributed by atoms with Gasteiger partial charge < -0.3 is 28.9 Å². The Morgan fingerprint density at radius 3 is 0.675 bits per heavy atom. The molecule has 6 aliphatic heterocycles. The van der Waals surface area contributed by atoms with E-state index < -0.39 is 0 Å². The highest BCUT2D eigenvalue weighted by molar-refractivity contribution is 7.01. The molecule has 0 aliphatic carbocycles. The molecule has 0 amide bonds. The van der Waals surface area contributed by atoms with E-state index in [0.717, 1.165) is 136 Å². The molecule has 0 radical (unpaired) electrons. The molecule has 0 spiro atoms. The van der Waals surface area contributed by atoms with Gasteiger partial charge in [-0.15, -0.1) is 0 Å². The average molecular weight is 1490 g/mol. The predicted molar refractivity (Wildman–Crippen MR) is 487 cm³/mol. The molecular formula is C105H102B3N3O3. The molecule has 114 heavy (non-hydrogen) atoms. The van der Waals surface area contributed by atoms with Crippen LogP contribution in [-0.2, 0) is 32.5 Å². The van der Waals surface area contributed by atoms with E-state index in [1.807, 2.05) is 0 Å². The van der Waals surface area contributed by atoms with E-state index in [1.165, 1.54) is 82.5 Å². The molecule has 0 saturated carbocycles. The van der Waals surface area contributed by atoms with Gasteiger partial charge in [-0.3, -0.25) is 0 Å². The molecule has 6 aliphatic rings. The van der Waals surface area contributed by atoms with Crippen molar-refractivity contribution in [1.82, 2.24) is 0 Å². The molecular weight excluding hydrogens is 1380 g/mol. The number of nitrogens with zero attached hydrogens (tertiary/aromatic N) is 3. The van der Waals surface area contributed by atoms with Crippen molar-refractivity contribution >= 4 is 120 Å². The Labute approximate surface area is 677 Å². The van der Waals surface area contributed by atoms with Gasteiger partial charge in [-0.1, -0.05) is 234 Å². The van der Waals surface area contributed by atoms with Crippen LogP contribution in [0.1, 0.15) is 175 Å². The first-order valence-electron chi connectivity index (χ1n) is 41.2. The molecule has 6 heterocycles. The second-order valence-corrected chi connectivity index (χ2v) is 39.7. The number of ether oxygens (including phenoxy) is 3. The van der Waals surface area contributed by atoms with Crippen LogP contribution in [0.25, 0.3) is 33.4 Å². The summed E-state index contributed by atoms with van der Waals surface area (Å²) in [5, 5.41) is 0. The van der Waals surface area contributed by atoms with Crippen LogP contribution in [0.5, 0.6) is 34.5 Å². The summed E-state index contributed by atoms with van der Waals surface area (Å²) in [6, 6.07) is 92.1. The van der Waals surface area contributed by atoms with E-state index in [1.54, 1.807) is 0 Å². The van der Waals surface area contributed by atoms with Crippen LogP contribution in [0, 0.1) is 20.8 Å². The lowest BCUT2D eigenvalue weighted by atomic mass is 9.33. The summed E-state index contributed by atoms with van der Waals surface area (Å²) < 4.78 is 21.6. The second kappa shape index (κ2) is 25.4. The number of fused-ring (bicyclic) bond motifs is 12. The summed E-state index contributed by atoms with van der Waals surface area (Å²) in [6.45, 7) is 47.8. The monoisotopic (exact) mass is 1490 g/mol. The zero-order valence-electron chi connectivity index (χ0n) is 70.3. The fourth-order valence-electron chi connectivity index (χ4n) is 18.9. The highest BCUT2D eigenvalue weighted by Gasteiger charge is 2.47. The quantitative estimate of drug-likeness (QED) is 0.155. The Balaban J connectivity index is 0.872. The van der Waals surface area contributed by atoms with E-state index in [9.17, 15) is 0 Å². The first-order chi connectivity index (χ1) is 54.0. The van der Waals surface area contributed by atoms with Gasteiger partial charge in [-0.25, -0.2) is 0 Å². The Hall–Kier alpha value is -11.1. The summed E-state index contributed by atoms with van der Waals surface area (Å²) in [5.41, 5.74) is 38.6. The molecule has 6 nitrogen and oxygen atoms in total. The van der Waals surface area contributed by atoms with E-state index in [4.69, 9.17) is 14.2 Å². The summed E-state index contributed by atoms with van der Waals surface area (Å²) >= 11 is 0. The normalized spacial score (nSPS) is 14.3. The molecule has 9 heteroatoms. The fourth-order valence-corrected chi connectivity index (χ4v) is 18.9. The lowest BCUT2D eigenvalue weighted by molar-refractivity contribution is 0.485. The summed E-state index contributed by atoms with van der Waals surface area (Å²) in [6.07, 6.45) is 0. The molecule has 564 valence electrons. The Morgan fingerprint density at radius 2 is 0.439 bits per heavy atom. The maximum absolute atomic E-state index is 7.19. The molecule has 13 aromatic carbocycles. The number of aryl methyl sites for hydroxylation is 3. The van der Waals surface area contributed by atoms with Gasteiger partial charge >= 0.3 is 0 Å². The van der Waals surface area contributed by atoms with Crippen LogP contribution in [0.4, 0.5) is 51.2 Å². The van der Waals surface area contributed by atoms with Crippen molar-refractivity contribution in [3.05, 3.63) is 287 Å². The van der Waals surface area contributed by atoms with E-state index in [2.05, 4.69) is 397 Å². The van der Waals surface area contributed by atoms with Crippen molar-refractivity contribution in [2.75, 3.05) is 14.7 Å². The number of anilines is 9. The number of benzene rings is 13. The number of rotatable bonds is 6. The zero-order chi connectivity index (χ0) is 79.7. The minimum atomic E-state index is -0.138. The Bertz CT molecular complexity index is 5600. The van der Waals surface area contributed by atoms with Crippen molar-refractivity contribution in [2.24, 2.45) is 0 Å². The van der Waals surface area contributed by atoms with Crippen molar-refractivity contribution in [1.29, 1.82) is 0 Å². The highest BCUT2D eigenvalue weighted by atomic mass is 16.5. The summed E-state index contributed by atoms with van der Waals surface area (Å²) in [5.74, 6) is 5.42. The van der Waals surface area contributed by atoms with Crippen molar-refractivity contribution in [3.8, 4) is 67.9 Å². The SMILES string of the molecule is Cc1cc2c3c(c1)N(c1ccc(C(C)(C)C)cc1)c1ccc(-c4cc(-c5ccc6c(c5)B5c7cc(C(C)(C)C)ccc7Oc7cc(C)cc(c75)N6c5ccc(C(C)(C)C)cc5)cc(-c5ccc6c(c5)B5c7cc(C(C)(C)C)ccc7Oc7cc(C)cc(c75)N6c5ccc(C(C)(C)C)cc5)c4)cc1B3c1cc(C(C)(C)C)ccc1O2. The molecule has 0 bridgehead atoms.